The smallest absolute Gasteiger partial charge is 0.0992 e. The molecule has 0 aliphatic carbocycles. The van der Waals surface area contributed by atoms with E-state index in [0.29, 0.717) is 6.04 Å². The Morgan fingerprint density at radius 2 is 2.19 bits per heavy atom. The van der Waals surface area contributed by atoms with Crippen LogP contribution in [0.15, 0.2) is 36.9 Å². The van der Waals surface area contributed by atoms with Gasteiger partial charge in [0.25, 0.3) is 0 Å². The number of benzene rings is 1. The third-order valence-corrected chi connectivity index (χ3v) is 4.37. The van der Waals surface area contributed by atoms with Crippen molar-refractivity contribution < 1.29 is 0 Å². The van der Waals surface area contributed by atoms with Gasteiger partial charge < -0.3 is 14.8 Å². The number of likely N-dealkylation sites (tertiary alicyclic amines) is 1. The maximum atomic E-state index is 6.40. The zero-order valence-corrected chi connectivity index (χ0v) is 13.1. The Morgan fingerprint density at radius 3 is 3.00 bits per heavy atom. The van der Waals surface area contributed by atoms with Crippen molar-refractivity contribution in [2.75, 3.05) is 25.5 Å². The van der Waals surface area contributed by atoms with Gasteiger partial charge in [0.2, 0.25) is 0 Å². The van der Waals surface area contributed by atoms with Gasteiger partial charge in [0.05, 0.1) is 22.7 Å². The molecule has 1 saturated heterocycles. The minimum absolute atomic E-state index is 0.496. The zero-order chi connectivity index (χ0) is 14.7. The quantitative estimate of drug-likeness (QED) is 0.943. The molecule has 3 rings (SSSR count). The second-order valence-electron chi connectivity index (χ2n) is 5.68. The number of imidazole rings is 1. The fourth-order valence-electron chi connectivity index (χ4n) is 2.89. The van der Waals surface area contributed by atoms with Crippen molar-refractivity contribution in [1.82, 2.24) is 14.5 Å². The molecule has 0 spiro atoms. The Balaban J connectivity index is 1.84. The van der Waals surface area contributed by atoms with Crippen molar-refractivity contribution in [3.8, 4) is 5.69 Å². The van der Waals surface area contributed by atoms with Crippen LogP contribution in [-0.2, 0) is 0 Å². The van der Waals surface area contributed by atoms with E-state index in [1.54, 1.807) is 12.5 Å². The normalized spacial score (nSPS) is 20.2. The van der Waals surface area contributed by atoms with E-state index < -0.39 is 0 Å². The molecule has 0 amide bonds. The van der Waals surface area contributed by atoms with Crippen LogP contribution in [-0.4, -0.2) is 40.6 Å². The maximum Gasteiger partial charge on any atom is 0.0992 e. The molecular formula is C16H21ClN4. The first-order valence-corrected chi connectivity index (χ1v) is 7.84. The summed E-state index contributed by atoms with van der Waals surface area (Å²) in [5.74, 6) is 0. The first kappa shape index (κ1) is 14.4. The van der Waals surface area contributed by atoms with Crippen molar-refractivity contribution >= 4 is 17.3 Å². The van der Waals surface area contributed by atoms with Crippen molar-refractivity contribution in [2.45, 2.75) is 25.3 Å². The summed E-state index contributed by atoms with van der Waals surface area (Å²) in [5.41, 5.74) is 2.06. The summed E-state index contributed by atoms with van der Waals surface area (Å²) in [5, 5.41) is 4.42. The molecule has 1 atom stereocenters. The molecule has 112 valence electrons. The number of nitrogens with zero attached hydrogens (tertiary/aromatic N) is 3. The van der Waals surface area contributed by atoms with E-state index in [1.807, 2.05) is 22.9 Å². The number of aromatic nitrogens is 2. The van der Waals surface area contributed by atoms with Crippen LogP contribution in [0.1, 0.15) is 19.3 Å². The van der Waals surface area contributed by atoms with Gasteiger partial charge in [-0.2, -0.15) is 0 Å². The Labute approximate surface area is 130 Å². The topological polar surface area (TPSA) is 33.1 Å². The molecule has 0 saturated carbocycles. The average Bonchev–Trinajstić information content (AvgIpc) is 2.91. The Morgan fingerprint density at radius 1 is 1.29 bits per heavy atom. The summed E-state index contributed by atoms with van der Waals surface area (Å²) in [6, 6.07) is 6.50. The number of para-hydroxylation sites is 1. The lowest BCUT2D eigenvalue weighted by molar-refractivity contribution is 0.348. The van der Waals surface area contributed by atoms with Gasteiger partial charge in [-0.05, 0) is 51.5 Å². The maximum absolute atomic E-state index is 6.40. The zero-order valence-electron chi connectivity index (χ0n) is 12.3. The molecule has 2 aromatic rings. The van der Waals surface area contributed by atoms with E-state index in [2.05, 4.69) is 28.3 Å². The summed E-state index contributed by atoms with van der Waals surface area (Å²) in [6.07, 6.45) is 9.07. The molecule has 1 aromatic carbocycles. The molecule has 1 fully saturated rings. The highest BCUT2D eigenvalue weighted by atomic mass is 35.5. The van der Waals surface area contributed by atoms with Gasteiger partial charge in [-0.15, -0.1) is 0 Å². The van der Waals surface area contributed by atoms with Crippen molar-refractivity contribution in [3.05, 3.63) is 41.9 Å². The molecule has 4 nitrogen and oxygen atoms in total. The Hall–Kier alpha value is -1.52. The SMILES string of the molecule is CN1CCCC(Nc2cccc(Cl)c2-n2ccnc2)CC1. The average molecular weight is 305 g/mol. The summed E-state index contributed by atoms with van der Waals surface area (Å²) >= 11 is 6.40. The molecule has 1 aromatic heterocycles. The molecule has 1 N–H and O–H groups in total. The minimum Gasteiger partial charge on any atom is -0.381 e. The fraction of sp³-hybridized carbons (Fsp3) is 0.438. The number of hydrogen-bond donors (Lipinski definition) is 1. The van der Waals surface area contributed by atoms with E-state index in [9.17, 15) is 0 Å². The van der Waals surface area contributed by atoms with Gasteiger partial charge in [0.15, 0.2) is 0 Å². The molecular weight excluding hydrogens is 284 g/mol. The number of nitrogens with one attached hydrogen (secondary N) is 1. The second kappa shape index (κ2) is 6.50. The molecule has 1 unspecified atom stereocenters. The first-order valence-electron chi connectivity index (χ1n) is 7.46. The van der Waals surface area contributed by atoms with Crippen LogP contribution in [0.4, 0.5) is 5.69 Å². The Kier molecular flexibility index (Phi) is 4.46. The monoisotopic (exact) mass is 304 g/mol. The van der Waals surface area contributed by atoms with Gasteiger partial charge in [-0.1, -0.05) is 17.7 Å². The van der Waals surface area contributed by atoms with Gasteiger partial charge in [0, 0.05) is 18.4 Å². The fourth-order valence-corrected chi connectivity index (χ4v) is 3.16. The van der Waals surface area contributed by atoms with Crippen LogP contribution in [0.25, 0.3) is 5.69 Å². The third-order valence-electron chi connectivity index (χ3n) is 4.06. The number of halogens is 1. The van der Waals surface area contributed by atoms with Crippen molar-refractivity contribution in [3.63, 3.8) is 0 Å². The lowest BCUT2D eigenvalue weighted by atomic mass is 10.1. The van der Waals surface area contributed by atoms with Gasteiger partial charge >= 0.3 is 0 Å². The molecule has 1 aliphatic heterocycles. The summed E-state index contributed by atoms with van der Waals surface area (Å²) in [6.45, 7) is 2.32. The van der Waals surface area contributed by atoms with Gasteiger partial charge in [0.1, 0.15) is 0 Å². The van der Waals surface area contributed by atoms with Crippen LogP contribution >= 0.6 is 11.6 Å². The van der Waals surface area contributed by atoms with Crippen molar-refractivity contribution in [1.29, 1.82) is 0 Å². The summed E-state index contributed by atoms with van der Waals surface area (Å²) in [4.78, 5) is 6.52. The van der Waals surface area contributed by atoms with Crippen LogP contribution in [0.5, 0.6) is 0 Å². The van der Waals surface area contributed by atoms with E-state index in [-0.39, 0.29) is 0 Å². The van der Waals surface area contributed by atoms with Crippen LogP contribution in [0, 0.1) is 0 Å². The first-order chi connectivity index (χ1) is 10.2. The van der Waals surface area contributed by atoms with Crippen LogP contribution in [0.3, 0.4) is 0 Å². The summed E-state index contributed by atoms with van der Waals surface area (Å²) in [7, 11) is 2.19. The predicted octanol–water partition coefficient (Wildman–Crippen LogP) is 3.42. The number of rotatable bonds is 3. The summed E-state index contributed by atoms with van der Waals surface area (Å²) < 4.78 is 1.97. The highest BCUT2D eigenvalue weighted by molar-refractivity contribution is 6.33. The largest absolute Gasteiger partial charge is 0.381 e. The van der Waals surface area contributed by atoms with Crippen LogP contribution < -0.4 is 5.32 Å². The van der Waals surface area contributed by atoms with Crippen molar-refractivity contribution in [2.24, 2.45) is 0 Å². The predicted molar refractivity (Wildman–Crippen MR) is 87.3 cm³/mol. The molecule has 2 heterocycles. The van der Waals surface area contributed by atoms with E-state index in [4.69, 9.17) is 11.6 Å². The highest BCUT2D eigenvalue weighted by Crippen LogP contribution is 2.30. The minimum atomic E-state index is 0.496. The lowest BCUT2D eigenvalue weighted by Gasteiger charge is -2.21. The standard InChI is InChI=1S/C16H21ClN4/c1-20-9-3-4-13(7-10-20)19-15-6-2-5-14(17)16(15)21-11-8-18-12-21/h2,5-6,8,11-13,19H,3-4,7,9-10H2,1H3. The van der Waals surface area contributed by atoms with E-state index >= 15 is 0 Å². The lowest BCUT2D eigenvalue weighted by Crippen LogP contribution is -2.23. The molecule has 0 bridgehead atoms. The van der Waals surface area contributed by atoms with Crippen LogP contribution in [0.2, 0.25) is 5.02 Å². The molecule has 5 heteroatoms. The van der Waals surface area contributed by atoms with Gasteiger partial charge in [-0.3, -0.25) is 0 Å². The van der Waals surface area contributed by atoms with Gasteiger partial charge in [-0.25, -0.2) is 4.98 Å². The number of anilines is 1. The third kappa shape index (κ3) is 3.39. The molecule has 0 radical (unpaired) electrons. The second-order valence-corrected chi connectivity index (χ2v) is 6.09. The van der Waals surface area contributed by atoms with E-state index in [0.717, 1.165) is 29.4 Å². The Bertz CT molecular complexity index is 582. The highest BCUT2D eigenvalue weighted by Gasteiger charge is 2.17. The number of hydrogen-bond acceptors (Lipinski definition) is 3. The molecule has 21 heavy (non-hydrogen) atoms. The van der Waals surface area contributed by atoms with E-state index in [1.165, 1.54) is 19.4 Å². The molecule has 1 aliphatic rings.